The molecular weight excluding hydrogens is 216 g/mol. The summed E-state index contributed by atoms with van der Waals surface area (Å²) in [5, 5.41) is 0. The van der Waals surface area contributed by atoms with Gasteiger partial charge in [-0.25, -0.2) is 13.1 Å². The Kier molecular flexibility index (Phi) is 7.95. The molecule has 0 heterocycles. The summed E-state index contributed by atoms with van der Waals surface area (Å²) in [6.07, 6.45) is 0.827. The molecule has 1 atom stereocenters. The van der Waals surface area contributed by atoms with Gasteiger partial charge in [0.2, 0.25) is 10.0 Å². The number of hydrogen-bond donors (Lipinski definition) is 2. The van der Waals surface area contributed by atoms with E-state index in [2.05, 4.69) is 4.72 Å². The normalized spacial score (nSPS) is 14.1. The first kappa shape index (κ1) is 14.8. The summed E-state index contributed by atoms with van der Waals surface area (Å²) < 4.78 is 30.3. The zero-order valence-corrected chi connectivity index (χ0v) is 10.3. The molecule has 0 bridgehead atoms. The maximum absolute atomic E-state index is 11.4. The van der Waals surface area contributed by atoms with Crippen LogP contribution in [0.25, 0.3) is 0 Å². The number of nitrogens with one attached hydrogen (secondary N) is 1. The Morgan fingerprint density at radius 3 is 2.67 bits per heavy atom. The monoisotopic (exact) mass is 238 g/mol. The first-order valence-corrected chi connectivity index (χ1v) is 6.92. The number of nitrogens with two attached hydrogens (primary N) is 1. The fourth-order valence-electron chi connectivity index (χ4n) is 1.04. The molecule has 0 aliphatic carbocycles. The maximum atomic E-state index is 11.4. The van der Waals surface area contributed by atoms with Crippen molar-refractivity contribution in [1.82, 2.24) is 4.72 Å². The standard InChI is InChI=1S/C9H22N2O3S/c1-3-14-6-7-15(12,13)11-8-9(2)4-5-10/h9,11H,3-8,10H2,1-2H3. The van der Waals surface area contributed by atoms with Crippen LogP contribution in [0, 0.1) is 5.92 Å². The zero-order chi connectivity index (χ0) is 11.7. The summed E-state index contributed by atoms with van der Waals surface area (Å²) in [6.45, 7) is 5.63. The minimum atomic E-state index is -3.18. The summed E-state index contributed by atoms with van der Waals surface area (Å²) in [5.41, 5.74) is 5.37. The third-order valence-electron chi connectivity index (χ3n) is 2.01. The molecule has 6 heteroatoms. The lowest BCUT2D eigenvalue weighted by Gasteiger charge is -2.11. The molecule has 0 aromatic heterocycles. The van der Waals surface area contributed by atoms with Crippen molar-refractivity contribution in [3.05, 3.63) is 0 Å². The van der Waals surface area contributed by atoms with Gasteiger partial charge in [-0.2, -0.15) is 0 Å². The molecule has 0 fully saturated rings. The van der Waals surface area contributed by atoms with E-state index in [1.165, 1.54) is 0 Å². The van der Waals surface area contributed by atoms with Gasteiger partial charge in [-0.05, 0) is 25.8 Å². The van der Waals surface area contributed by atoms with Crippen LogP contribution in [-0.4, -0.2) is 40.5 Å². The molecule has 92 valence electrons. The molecule has 0 rings (SSSR count). The van der Waals surface area contributed by atoms with Crippen molar-refractivity contribution >= 4 is 10.0 Å². The van der Waals surface area contributed by atoms with E-state index in [9.17, 15) is 8.42 Å². The average Bonchev–Trinajstić information content (AvgIpc) is 2.16. The highest BCUT2D eigenvalue weighted by Crippen LogP contribution is 1.98. The van der Waals surface area contributed by atoms with Crippen molar-refractivity contribution in [2.75, 3.05) is 32.1 Å². The average molecular weight is 238 g/mol. The van der Waals surface area contributed by atoms with E-state index in [0.29, 0.717) is 19.7 Å². The van der Waals surface area contributed by atoms with E-state index < -0.39 is 10.0 Å². The summed E-state index contributed by atoms with van der Waals surface area (Å²) in [6, 6.07) is 0. The van der Waals surface area contributed by atoms with Crippen LogP contribution in [0.15, 0.2) is 0 Å². The Morgan fingerprint density at radius 1 is 1.47 bits per heavy atom. The van der Waals surface area contributed by atoms with Gasteiger partial charge in [0, 0.05) is 13.2 Å². The summed E-state index contributed by atoms with van der Waals surface area (Å²) in [5.74, 6) is 0.299. The van der Waals surface area contributed by atoms with E-state index in [1.54, 1.807) is 0 Å². The molecule has 1 unspecified atom stereocenters. The van der Waals surface area contributed by atoms with Gasteiger partial charge in [0.25, 0.3) is 0 Å². The highest BCUT2D eigenvalue weighted by atomic mass is 32.2. The third kappa shape index (κ3) is 8.80. The fourth-order valence-corrected chi connectivity index (χ4v) is 2.06. The number of rotatable bonds is 9. The lowest BCUT2D eigenvalue weighted by atomic mass is 10.1. The van der Waals surface area contributed by atoms with Gasteiger partial charge in [0.15, 0.2) is 0 Å². The molecule has 15 heavy (non-hydrogen) atoms. The van der Waals surface area contributed by atoms with Crippen LogP contribution >= 0.6 is 0 Å². The van der Waals surface area contributed by atoms with Gasteiger partial charge in [-0.15, -0.1) is 0 Å². The molecule has 0 radical (unpaired) electrons. The first-order chi connectivity index (χ1) is 7.02. The topological polar surface area (TPSA) is 81.4 Å². The highest BCUT2D eigenvalue weighted by Gasteiger charge is 2.11. The third-order valence-corrected chi connectivity index (χ3v) is 3.32. The molecule has 0 spiro atoms. The zero-order valence-electron chi connectivity index (χ0n) is 9.53. The van der Waals surface area contributed by atoms with Crippen LogP contribution in [0.1, 0.15) is 20.3 Å². The molecule has 0 aliphatic rings. The number of sulfonamides is 1. The van der Waals surface area contributed by atoms with E-state index in [0.717, 1.165) is 6.42 Å². The lowest BCUT2D eigenvalue weighted by molar-refractivity contribution is 0.163. The molecule has 0 saturated carbocycles. The second-order valence-electron chi connectivity index (χ2n) is 3.55. The van der Waals surface area contributed by atoms with Crippen molar-refractivity contribution in [2.24, 2.45) is 11.7 Å². The smallest absolute Gasteiger partial charge is 0.213 e. The Balaban J connectivity index is 3.73. The van der Waals surface area contributed by atoms with E-state index >= 15 is 0 Å². The minimum absolute atomic E-state index is 0.0240. The Bertz CT molecular complexity index is 242. The molecule has 0 aliphatic heterocycles. The second-order valence-corrected chi connectivity index (χ2v) is 5.47. The van der Waals surface area contributed by atoms with Crippen LogP contribution < -0.4 is 10.5 Å². The predicted molar refractivity (Wildman–Crippen MR) is 61.1 cm³/mol. The molecular formula is C9H22N2O3S. The van der Waals surface area contributed by atoms with Crippen molar-refractivity contribution < 1.29 is 13.2 Å². The number of hydrogen-bond acceptors (Lipinski definition) is 4. The van der Waals surface area contributed by atoms with Gasteiger partial charge < -0.3 is 10.5 Å². The van der Waals surface area contributed by atoms with Crippen LogP contribution in [0.3, 0.4) is 0 Å². The van der Waals surface area contributed by atoms with Gasteiger partial charge in [-0.1, -0.05) is 6.92 Å². The number of ether oxygens (including phenoxy) is 1. The fraction of sp³-hybridized carbons (Fsp3) is 1.00. The quantitative estimate of drug-likeness (QED) is 0.551. The molecule has 3 N–H and O–H groups in total. The van der Waals surface area contributed by atoms with Gasteiger partial charge >= 0.3 is 0 Å². The largest absolute Gasteiger partial charge is 0.381 e. The van der Waals surface area contributed by atoms with Crippen LogP contribution in [0.2, 0.25) is 0 Å². The van der Waals surface area contributed by atoms with Crippen molar-refractivity contribution in [3.8, 4) is 0 Å². The Labute approximate surface area is 92.4 Å². The van der Waals surface area contributed by atoms with Crippen molar-refractivity contribution in [1.29, 1.82) is 0 Å². The molecule has 0 aromatic carbocycles. The van der Waals surface area contributed by atoms with E-state index in [-0.39, 0.29) is 18.3 Å². The van der Waals surface area contributed by atoms with Crippen LogP contribution in [-0.2, 0) is 14.8 Å². The van der Waals surface area contributed by atoms with Gasteiger partial charge in [-0.3, -0.25) is 0 Å². The summed E-state index contributed by atoms with van der Waals surface area (Å²) >= 11 is 0. The molecule has 0 aromatic rings. The van der Waals surface area contributed by atoms with Crippen LogP contribution in [0.5, 0.6) is 0 Å². The van der Waals surface area contributed by atoms with Crippen LogP contribution in [0.4, 0.5) is 0 Å². The Hall–Kier alpha value is -0.170. The van der Waals surface area contributed by atoms with E-state index in [1.807, 2.05) is 13.8 Å². The lowest BCUT2D eigenvalue weighted by Crippen LogP contribution is -2.32. The second kappa shape index (κ2) is 8.04. The minimum Gasteiger partial charge on any atom is -0.381 e. The first-order valence-electron chi connectivity index (χ1n) is 5.27. The SMILES string of the molecule is CCOCCS(=O)(=O)NCC(C)CCN. The van der Waals surface area contributed by atoms with Crippen molar-refractivity contribution in [2.45, 2.75) is 20.3 Å². The van der Waals surface area contributed by atoms with Gasteiger partial charge in [0.05, 0.1) is 12.4 Å². The molecule has 0 saturated heterocycles. The van der Waals surface area contributed by atoms with E-state index in [4.69, 9.17) is 10.5 Å². The Morgan fingerprint density at radius 2 is 2.13 bits per heavy atom. The molecule has 5 nitrogen and oxygen atoms in total. The van der Waals surface area contributed by atoms with Gasteiger partial charge in [0.1, 0.15) is 0 Å². The van der Waals surface area contributed by atoms with Crippen molar-refractivity contribution in [3.63, 3.8) is 0 Å². The molecule has 0 amide bonds. The summed E-state index contributed by atoms with van der Waals surface area (Å²) in [7, 11) is -3.18. The summed E-state index contributed by atoms with van der Waals surface area (Å²) in [4.78, 5) is 0. The highest BCUT2D eigenvalue weighted by molar-refractivity contribution is 7.89. The predicted octanol–water partition coefficient (Wildman–Crippen LogP) is -0.0728. The maximum Gasteiger partial charge on any atom is 0.213 e.